The van der Waals surface area contributed by atoms with Gasteiger partial charge in [0.25, 0.3) is 0 Å². The van der Waals surface area contributed by atoms with Gasteiger partial charge in [0.2, 0.25) is 0 Å². The molecule has 0 aliphatic rings. The lowest BCUT2D eigenvalue weighted by Crippen LogP contribution is -2.11. The molecule has 0 aromatic heterocycles. The van der Waals surface area contributed by atoms with Crippen molar-refractivity contribution in [3.63, 3.8) is 0 Å². The molecule has 0 unspecified atom stereocenters. The SMILES string of the molecule is NCCOc1ccc(F)c(Br)c1F. The van der Waals surface area contributed by atoms with Crippen molar-refractivity contribution in [3.8, 4) is 5.75 Å². The summed E-state index contributed by atoms with van der Waals surface area (Å²) < 4.78 is 30.6. The topological polar surface area (TPSA) is 35.2 Å². The minimum atomic E-state index is -0.742. The first kappa shape index (κ1) is 10.4. The Hall–Kier alpha value is -0.680. The molecule has 1 aromatic carbocycles. The highest BCUT2D eigenvalue weighted by molar-refractivity contribution is 9.10. The predicted octanol–water partition coefficient (Wildman–Crippen LogP) is 2.06. The summed E-state index contributed by atoms with van der Waals surface area (Å²) in [5, 5.41) is 0. The fourth-order valence-corrected chi connectivity index (χ4v) is 1.12. The minimum absolute atomic E-state index is 0.00118. The Morgan fingerprint density at radius 1 is 1.38 bits per heavy atom. The molecule has 72 valence electrons. The normalized spacial score (nSPS) is 10.2. The number of rotatable bonds is 3. The summed E-state index contributed by atoms with van der Waals surface area (Å²) in [6, 6.07) is 2.35. The van der Waals surface area contributed by atoms with E-state index in [4.69, 9.17) is 10.5 Å². The highest BCUT2D eigenvalue weighted by Gasteiger charge is 2.11. The molecule has 2 N–H and O–H groups in total. The molecule has 0 radical (unpaired) electrons. The fourth-order valence-electron chi connectivity index (χ4n) is 0.789. The van der Waals surface area contributed by atoms with Crippen LogP contribution in [0.4, 0.5) is 8.78 Å². The first-order valence-electron chi connectivity index (χ1n) is 3.63. The van der Waals surface area contributed by atoms with Gasteiger partial charge in [-0.05, 0) is 28.1 Å². The lowest BCUT2D eigenvalue weighted by Gasteiger charge is -2.06. The molecule has 5 heteroatoms. The first-order valence-corrected chi connectivity index (χ1v) is 4.42. The molecule has 0 amide bonds. The Morgan fingerprint density at radius 2 is 2.08 bits per heavy atom. The summed E-state index contributed by atoms with van der Waals surface area (Å²) in [5.41, 5.74) is 5.16. The Labute approximate surface area is 82.8 Å². The zero-order chi connectivity index (χ0) is 9.84. The summed E-state index contributed by atoms with van der Waals surface area (Å²) in [5.74, 6) is -1.40. The molecule has 0 saturated heterocycles. The number of benzene rings is 1. The van der Waals surface area contributed by atoms with E-state index < -0.39 is 11.6 Å². The van der Waals surface area contributed by atoms with E-state index in [1.807, 2.05) is 0 Å². The monoisotopic (exact) mass is 251 g/mol. The number of hydrogen-bond acceptors (Lipinski definition) is 2. The number of halogens is 3. The second-order valence-corrected chi connectivity index (χ2v) is 3.10. The van der Waals surface area contributed by atoms with Crippen LogP contribution in [0.3, 0.4) is 0 Å². The molecule has 13 heavy (non-hydrogen) atoms. The fraction of sp³-hybridized carbons (Fsp3) is 0.250. The van der Waals surface area contributed by atoms with E-state index in [2.05, 4.69) is 15.9 Å². The largest absolute Gasteiger partial charge is 0.489 e. The molecule has 0 aliphatic carbocycles. The van der Waals surface area contributed by atoms with E-state index in [9.17, 15) is 8.78 Å². The summed E-state index contributed by atoms with van der Waals surface area (Å²) in [6.07, 6.45) is 0. The summed E-state index contributed by atoms with van der Waals surface area (Å²) >= 11 is 2.76. The number of ether oxygens (including phenoxy) is 1. The Bertz CT molecular complexity index is 306. The van der Waals surface area contributed by atoms with E-state index in [1.165, 1.54) is 6.07 Å². The molecule has 1 aromatic rings. The zero-order valence-corrected chi connectivity index (χ0v) is 8.27. The van der Waals surface area contributed by atoms with Gasteiger partial charge in [0.15, 0.2) is 11.6 Å². The summed E-state index contributed by atoms with van der Waals surface area (Å²) in [7, 11) is 0. The molecular weight excluding hydrogens is 244 g/mol. The van der Waals surface area contributed by atoms with Crippen LogP contribution in [0.15, 0.2) is 16.6 Å². The van der Waals surface area contributed by atoms with Gasteiger partial charge in [-0.1, -0.05) is 0 Å². The zero-order valence-electron chi connectivity index (χ0n) is 6.69. The third-order valence-corrected chi connectivity index (χ3v) is 2.10. The number of nitrogens with two attached hydrogens (primary N) is 1. The van der Waals surface area contributed by atoms with E-state index in [0.29, 0.717) is 0 Å². The van der Waals surface area contributed by atoms with Crippen LogP contribution in [0.25, 0.3) is 0 Å². The van der Waals surface area contributed by atoms with Crippen LogP contribution in [0.1, 0.15) is 0 Å². The van der Waals surface area contributed by atoms with Gasteiger partial charge < -0.3 is 10.5 Å². The van der Waals surface area contributed by atoms with Crippen LogP contribution in [-0.2, 0) is 0 Å². The van der Waals surface area contributed by atoms with Crippen LogP contribution < -0.4 is 10.5 Å². The van der Waals surface area contributed by atoms with Crippen LogP contribution in [0.2, 0.25) is 0 Å². The molecule has 0 spiro atoms. The lowest BCUT2D eigenvalue weighted by atomic mass is 10.3. The molecular formula is C8H8BrF2NO. The van der Waals surface area contributed by atoms with Gasteiger partial charge in [0, 0.05) is 6.54 Å². The van der Waals surface area contributed by atoms with E-state index in [1.54, 1.807) is 0 Å². The maximum atomic E-state index is 13.1. The second-order valence-electron chi connectivity index (χ2n) is 2.31. The van der Waals surface area contributed by atoms with E-state index >= 15 is 0 Å². The van der Waals surface area contributed by atoms with Crippen molar-refractivity contribution < 1.29 is 13.5 Å². The van der Waals surface area contributed by atoms with Crippen molar-refractivity contribution in [2.24, 2.45) is 5.73 Å². The Kier molecular flexibility index (Phi) is 3.62. The maximum absolute atomic E-state index is 13.1. The van der Waals surface area contributed by atoms with Gasteiger partial charge in [-0.15, -0.1) is 0 Å². The molecule has 0 fully saturated rings. The molecule has 0 bridgehead atoms. The molecule has 2 nitrogen and oxygen atoms in total. The van der Waals surface area contributed by atoms with Crippen LogP contribution in [0, 0.1) is 11.6 Å². The second kappa shape index (κ2) is 4.53. The summed E-state index contributed by atoms with van der Waals surface area (Å²) in [4.78, 5) is 0. The van der Waals surface area contributed by atoms with Crippen molar-refractivity contribution in [1.82, 2.24) is 0 Å². The third-order valence-electron chi connectivity index (χ3n) is 1.38. The van der Waals surface area contributed by atoms with Gasteiger partial charge in [-0.25, -0.2) is 8.78 Å². The average molecular weight is 252 g/mol. The van der Waals surface area contributed by atoms with Crippen LogP contribution in [0.5, 0.6) is 5.75 Å². The smallest absolute Gasteiger partial charge is 0.182 e. The third kappa shape index (κ3) is 2.38. The van der Waals surface area contributed by atoms with Crippen molar-refractivity contribution in [2.45, 2.75) is 0 Å². The van der Waals surface area contributed by atoms with E-state index in [0.717, 1.165) is 6.07 Å². The number of hydrogen-bond donors (Lipinski definition) is 1. The maximum Gasteiger partial charge on any atom is 0.182 e. The predicted molar refractivity (Wildman–Crippen MR) is 48.6 cm³/mol. The minimum Gasteiger partial charge on any atom is -0.489 e. The average Bonchev–Trinajstić information content (AvgIpc) is 2.13. The molecule has 0 aliphatic heterocycles. The van der Waals surface area contributed by atoms with Crippen molar-refractivity contribution in [1.29, 1.82) is 0 Å². The van der Waals surface area contributed by atoms with Gasteiger partial charge in [-0.3, -0.25) is 0 Å². The van der Waals surface area contributed by atoms with Crippen molar-refractivity contribution in [2.75, 3.05) is 13.2 Å². The van der Waals surface area contributed by atoms with Gasteiger partial charge >= 0.3 is 0 Å². The van der Waals surface area contributed by atoms with Gasteiger partial charge in [0.05, 0.1) is 4.47 Å². The lowest BCUT2D eigenvalue weighted by molar-refractivity contribution is 0.309. The standard InChI is InChI=1S/C8H8BrF2NO/c9-7-5(10)1-2-6(8(7)11)13-4-3-12/h1-2H,3-4,12H2. The summed E-state index contributed by atoms with van der Waals surface area (Å²) in [6.45, 7) is 0.490. The van der Waals surface area contributed by atoms with Crippen LogP contribution >= 0.6 is 15.9 Å². The van der Waals surface area contributed by atoms with Crippen molar-refractivity contribution >= 4 is 15.9 Å². The molecule has 0 saturated carbocycles. The highest BCUT2D eigenvalue weighted by Crippen LogP contribution is 2.27. The molecule has 0 atom stereocenters. The highest BCUT2D eigenvalue weighted by atomic mass is 79.9. The van der Waals surface area contributed by atoms with Crippen molar-refractivity contribution in [3.05, 3.63) is 28.2 Å². The molecule has 0 heterocycles. The Morgan fingerprint density at radius 3 is 2.69 bits per heavy atom. The van der Waals surface area contributed by atoms with Gasteiger partial charge in [-0.2, -0.15) is 0 Å². The van der Waals surface area contributed by atoms with Gasteiger partial charge in [0.1, 0.15) is 12.4 Å². The van der Waals surface area contributed by atoms with E-state index in [-0.39, 0.29) is 23.4 Å². The van der Waals surface area contributed by atoms with Crippen LogP contribution in [-0.4, -0.2) is 13.2 Å². The Balaban J connectivity index is 2.90. The molecule has 1 rings (SSSR count). The first-order chi connectivity index (χ1) is 6.16. The quantitative estimate of drug-likeness (QED) is 0.835.